The third kappa shape index (κ3) is 4.65. The largest absolute Gasteiger partial charge is 0.487 e. The van der Waals surface area contributed by atoms with E-state index in [0.29, 0.717) is 18.1 Å². The number of likely N-dealkylation sites (tertiary alicyclic amines) is 1. The van der Waals surface area contributed by atoms with Crippen LogP contribution in [0.2, 0.25) is 0 Å². The number of aliphatic hydroxyl groups is 1. The second-order valence-electron chi connectivity index (χ2n) is 7.07. The van der Waals surface area contributed by atoms with Crippen molar-refractivity contribution in [2.24, 2.45) is 0 Å². The number of ether oxygens (including phenoxy) is 1. The number of β-amino-alcohol motifs (C(OH)–C–C–N with tert-alkyl or cyclic N) is 1. The first-order valence-electron chi connectivity index (χ1n) is 9.43. The Labute approximate surface area is 163 Å². The fraction of sp³-hybridized carbons (Fsp3) is 0.273. The van der Waals surface area contributed by atoms with Crippen LogP contribution in [0.4, 0.5) is 0 Å². The van der Waals surface area contributed by atoms with Crippen molar-refractivity contribution < 1.29 is 9.84 Å². The van der Waals surface area contributed by atoms with E-state index in [2.05, 4.69) is 20.9 Å². The van der Waals surface area contributed by atoms with E-state index < -0.39 is 0 Å². The SMILES string of the molecule is O=c1cc(COc2ccccc2)nc(-c2cccc(CN3CC[C@H](O)C3)c2)[nH]1. The van der Waals surface area contributed by atoms with Gasteiger partial charge >= 0.3 is 0 Å². The maximum Gasteiger partial charge on any atom is 0.251 e. The van der Waals surface area contributed by atoms with E-state index in [1.54, 1.807) is 0 Å². The molecule has 0 aliphatic carbocycles. The highest BCUT2D eigenvalue weighted by Gasteiger charge is 2.20. The third-order valence-electron chi connectivity index (χ3n) is 4.78. The van der Waals surface area contributed by atoms with Crippen LogP contribution < -0.4 is 10.3 Å². The van der Waals surface area contributed by atoms with Gasteiger partial charge in [0.25, 0.3) is 5.56 Å². The van der Waals surface area contributed by atoms with Crippen LogP contribution in [0.1, 0.15) is 17.7 Å². The second-order valence-corrected chi connectivity index (χ2v) is 7.07. The molecule has 1 atom stereocenters. The van der Waals surface area contributed by atoms with Gasteiger partial charge in [0.1, 0.15) is 18.2 Å². The zero-order valence-electron chi connectivity index (χ0n) is 15.5. The van der Waals surface area contributed by atoms with Gasteiger partial charge in [0, 0.05) is 31.3 Å². The zero-order valence-corrected chi connectivity index (χ0v) is 15.5. The number of hydrogen-bond donors (Lipinski definition) is 2. The fourth-order valence-corrected chi connectivity index (χ4v) is 3.42. The number of H-pyrrole nitrogens is 1. The third-order valence-corrected chi connectivity index (χ3v) is 4.78. The minimum absolute atomic E-state index is 0.204. The molecule has 2 aromatic carbocycles. The minimum atomic E-state index is -0.234. The van der Waals surface area contributed by atoms with Crippen LogP contribution in [0.15, 0.2) is 65.5 Å². The summed E-state index contributed by atoms with van der Waals surface area (Å²) in [6.45, 7) is 2.59. The van der Waals surface area contributed by atoms with E-state index in [9.17, 15) is 9.90 Å². The Kier molecular flexibility index (Phi) is 5.50. The Morgan fingerprint density at radius 1 is 1.14 bits per heavy atom. The van der Waals surface area contributed by atoms with Crippen molar-refractivity contribution in [3.63, 3.8) is 0 Å². The molecule has 3 aromatic rings. The highest BCUT2D eigenvalue weighted by Crippen LogP contribution is 2.19. The minimum Gasteiger partial charge on any atom is -0.487 e. The molecular weight excluding hydrogens is 354 g/mol. The Morgan fingerprint density at radius 3 is 2.79 bits per heavy atom. The first kappa shape index (κ1) is 18.4. The van der Waals surface area contributed by atoms with E-state index in [1.807, 2.05) is 48.5 Å². The summed E-state index contributed by atoms with van der Waals surface area (Å²) in [6, 6.07) is 18.9. The number of benzene rings is 2. The zero-order chi connectivity index (χ0) is 19.3. The topological polar surface area (TPSA) is 78.4 Å². The van der Waals surface area contributed by atoms with Gasteiger partial charge in [-0.15, -0.1) is 0 Å². The predicted octanol–water partition coefficient (Wildman–Crippen LogP) is 2.58. The molecule has 1 saturated heterocycles. The summed E-state index contributed by atoms with van der Waals surface area (Å²) in [5.74, 6) is 1.27. The van der Waals surface area contributed by atoms with Gasteiger partial charge in [0.05, 0.1) is 11.8 Å². The maximum atomic E-state index is 12.1. The van der Waals surface area contributed by atoms with Crippen molar-refractivity contribution in [2.75, 3.05) is 13.1 Å². The van der Waals surface area contributed by atoms with E-state index in [0.717, 1.165) is 36.4 Å². The van der Waals surface area contributed by atoms with Crippen molar-refractivity contribution in [2.45, 2.75) is 25.7 Å². The lowest BCUT2D eigenvalue weighted by molar-refractivity contribution is 0.175. The first-order valence-corrected chi connectivity index (χ1v) is 9.43. The van der Waals surface area contributed by atoms with Gasteiger partial charge in [0.2, 0.25) is 0 Å². The van der Waals surface area contributed by atoms with Crippen LogP contribution in [-0.2, 0) is 13.2 Å². The summed E-state index contributed by atoms with van der Waals surface area (Å²) in [5, 5.41) is 9.70. The van der Waals surface area contributed by atoms with Gasteiger partial charge < -0.3 is 14.8 Å². The van der Waals surface area contributed by atoms with Crippen LogP contribution >= 0.6 is 0 Å². The average Bonchev–Trinajstić information content (AvgIpc) is 3.11. The average molecular weight is 377 g/mol. The van der Waals surface area contributed by atoms with Crippen molar-refractivity contribution in [1.82, 2.24) is 14.9 Å². The van der Waals surface area contributed by atoms with Gasteiger partial charge in [0.15, 0.2) is 0 Å². The Balaban J connectivity index is 1.51. The van der Waals surface area contributed by atoms with E-state index in [-0.39, 0.29) is 18.3 Å². The standard InChI is InChI=1S/C22H23N3O3/c26-19-9-10-25(14-19)13-16-5-4-6-17(11-16)22-23-18(12-21(27)24-22)15-28-20-7-2-1-3-8-20/h1-8,11-12,19,26H,9-10,13-15H2,(H,23,24,27)/t19-/m0/s1. The van der Waals surface area contributed by atoms with Gasteiger partial charge in [-0.2, -0.15) is 0 Å². The number of aromatic amines is 1. The van der Waals surface area contributed by atoms with Crippen LogP contribution in [-0.4, -0.2) is 39.2 Å². The van der Waals surface area contributed by atoms with Crippen LogP contribution in [0, 0.1) is 0 Å². The summed E-state index contributed by atoms with van der Waals surface area (Å²) < 4.78 is 5.71. The highest BCUT2D eigenvalue weighted by molar-refractivity contribution is 5.56. The Hall–Kier alpha value is -2.96. The van der Waals surface area contributed by atoms with Crippen LogP contribution in [0.25, 0.3) is 11.4 Å². The summed E-state index contributed by atoms with van der Waals surface area (Å²) in [6.07, 6.45) is 0.584. The summed E-state index contributed by atoms with van der Waals surface area (Å²) in [4.78, 5) is 21.7. The first-order chi connectivity index (χ1) is 13.7. The highest BCUT2D eigenvalue weighted by atomic mass is 16.5. The smallest absolute Gasteiger partial charge is 0.251 e. The normalized spacial score (nSPS) is 17.0. The van der Waals surface area contributed by atoms with E-state index >= 15 is 0 Å². The molecule has 2 N–H and O–H groups in total. The molecule has 6 heteroatoms. The molecule has 0 amide bonds. The number of hydrogen-bond acceptors (Lipinski definition) is 5. The molecule has 0 spiro atoms. The van der Waals surface area contributed by atoms with Gasteiger partial charge in [-0.25, -0.2) is 4.98 Å². The molecule has 1 aliphatic heterocycles. The summed E-state index contributed by atoms with van der Waals surface area (Å²) >= 11 is 0. The maximum absolute atomic E-state index is 12.1. The van der Waals surface area contributed by atoms with Crippen molar-refractivity contribution >= 4 is 0 Å². The fourth-order valence-electron chi connectivity index (χ4n) is 3.42. The van der Waals surface area contributed by atoms with E-state index in [4.69, 9.17) is 4.74 Å². The molecule has 6 nitrogen and oxygen atoms in total. The molecule has 1 aliphatic rings. The molecule has 0 unspecified atom stereocenters. The predicted molar refractivity (Wildman–Crippen MR) is 107 cm³/mol. The molecule has 4 rings (SSSR count). The van der Waals surface area contributed by atoms with Gasteiger partial charge in [-0.3, -0.25) is 9.69 Å². The number of nitrogens with zero attached hydrogens (tertiary/aromatic N) is 2. The van der Waals surface area contributed by atoms with Crippen molar-refractivity contribution in [3.8, 4) is 17.1 Å². The number of aliphatic hydroxyl groups excluding tert-OH is 1. The molecule has 144 valence electrons. The number of rotatable bonds is 6. The van der Waals surface area contributed by atoms with Gasteiger partial charge in [-0.05, 0) is 30.2 Å². The Bertz CT molecular complexity index is 988. The molecular formula is C22H23N3O3. The van der Waals surface area contributed by atoms with E-state index in [1.165, 1.54) is 6.07 Å². The quantitative estimate of drug-likeness (QED) is 0.690. The molecule has 0 bridgehead atoms. The van der Waals surface area contributed by atoms with Crippen molar-refractivity contribution in [3.05, 3.63) is 82.3 Å². The molecule has 28 heavy (non-hydrogen) atoms. The van der Waals surface area contributed by atoms with Crippen LogP contribution in [0.3, 0.4) is 0 Å². The number of aromatic nitrogens is 2. The lowest BCUT2D eigenvalue weighted by Gasteiger charge is -2.15. The number of para-hydroxylation sites is 1. The van der Waals surface area contributed by atoms with Gasteiger partial charge in [-0.1, -0.05) is 36.4 Å². The second kappa shape index (κ2) is 8.37. The molecule has 0 radical (unpaired) electrons. The molecule has 1 aromatic heterocycles. The number of nitrogens with one attached hydrogen (secondary N) is 1. The molecule has 0 saturated carbocycles. The summed E-state index contributed by atoms with van der Waals surface area (Å²) in [5.41, 5.74) is 2.36. The van der Waals surface area contributed by atoms with Crippen molar-refractivity contribution in [1.29, 1.82) is 0 Å². The monoisotopic (exact) mass is 377 g/mol. The Morgan fingerprint density at radius 2 is 2.00 bits per heavy atom. The lowest BCUT2D eigenvalue weighted by Crippen LogP contribution is -2.21. The summed E-state index contributed by atoms with van der Waals surface area (Å²) in [7, 11) is 0. The molecule has 2 heterocycles. The lowest BCUT2D eigenvalue weighted by atomic mass is 10.1. The van der Waals surface area contributed by atoms with Crippen LogP contribution in [0.5, 0.6) is 5.75 Å². The molecule has 1 fully saturated rings.